The molecule has 1 saturated heterocycles. The van der Waals surface area contributed by atoms with Gasteiger partial charge in [0, 0.05) is 12.6 Å². The van der Waals surface area contributed by atoms with Gasteiger partial charge in [-0.2, -0.15) is 4.68 Å². The van der Waals surface area contributed by atoms with Crippen molar-refractivity contribution < 1.29 is 19.0 Å². The van der Waals surface area contributed by atoms with E-state index in [4.69, 9.17) is 14.2 Å². The highest BCUT2D eigenvalue weighted by Crippen LogP contribution is 2.38. The van der Waals surface area contributed by atoms with Crippen molar-refractivity contribution in [1.82, 2.24) is 25.1 Å². The van der Waals surface area contributed by atoms with Crippen LogP contribution in [0.25, 0.3) is 5.69 Å². The van der Waals surface area contributed by atoms with Gasteiger partial charge >= 0.3 is 0 Å². The summed E-state index contributed by atoms with van der Waals surface area (Å²) in [5, 5.41) is 11.4. The number of likely N-dealkylation sites (tertiary alicyclic amines) is 1. The Kier molecular flexibility index (Phi) is 5.51. The molecule has 30 heavy (non-hydrogen) atoms. The van der Waals surface area contributed by atoms with E-state index >= 15 is 0 Å². The number of carbonyl (C=O) groups excluding carboxylic acids is 1. The predicted octanol–water partition coefficient (Wildman–Crippen LogP) is 2.67. The van der Waals surface area contributed by atoms with Crippen molar-refractivity contribution in [3.63, 3.8) is 0 Å². The molecule has 2 aromatic carbocycles. The molecule has 1 atom stereocenters. The zero-order valence-electron chi connectivity index (χ0n) is 17.1. The molecule has 2 heterocycles. The van der Waals surface area contributed by atoms with Gasteiger partial charge < -0.3 is 19.1 Å². The number of amides is 1. The molecule has 1 amide bonds. The van der Waals surface area contributed by atoms with E-state index in [2.05, 4.69) is 15.5 Å². The number of methoxy groups -OCH3 is 3. The van der Waals surface area contributed by atoms with Crippen LogP contribution in [-0.2, 0) is 0 Å². The zero-order chi connectivity index (χ0) is 21.1. The highest BCUT2D eigenvalue weighted by Gasteiger charge is 2.33. The molecule has 4 rings (SSSR count). The molecule has 9 nitrogen and oxygen atoms in total. The lowest BCUT2D eigenvalue weighted by molar-refractivity contribution is 0.0735. The fourth-order valence-corrected chi connectivity index (χ4v) is 3.86. The Balaban J connectivity index is 1.76. The third-order valence-corrected chi connectivity index (χ3v) is 5.32. The summed E-state index contributed by atoms with van der Waals surface area (Å²) in [6, 6.07) is 11.2. The van der Waals surface area contributed by atoms with Crippen LogP contribution in [-0.4, -0.2) is 58.9 Å². The highest BCUT2D eigenvalue weighted by molar-refractivity contribution is 5.99. The first kappa shape index (κ1) is 19.7. The lowest BCUT2D eigenvalue weighted by Gasteiger charge is -2.26. The van der Waals surface area contributed by atoms with Gasteiger partial charge in [0.1, 0.15) is 12.1 Å². The Bertz CT molecular complexity index is 1040. The summed E-state index contributed by atoms with van der Waals surface area (Å²) in [5.41, 5.74) is 2.01. The topological polar surface area (TPSA) is 91.6 Å². The number of aromatic nitrogens is 4. The van der Waals surface area contributed by atoms with Crippen molar-refractivity contribution in [1.29, 1.82) is 0 Å². The fraction of sp³-hybridized carbons (Fsp3) is 0.333. The average Bonchev–Trinajstić information content (AvgIpc) is 3.50. The lowest BCUT2D eigenvalue weighted by atomic mass is 10.0. The number of ether oxygens (including phenoxy) is 3. The average molecular weight is 409 g/mol. The van der Waals surface area contributed by atoms with Crippen molar-refractivity contribution in [3.8, 4) is 22.9 Å². The molecule has 0 unspecified atom stereocenters. The number of nitrogens with zero attached hydrogens (tertiary/aromatic N) is 5. The highest BCUT2D eigenvalue weighted by atomic mass is 16.5. The van der Waals surface area contributed by atoms with E-state index in [9.17, 15) is 4.79 Å². The molecular formula is C21H23N5O4. The standard InChI is InChI=1S/C21H23N5O4/c1-28-15-7-4-6-14(10-15)17-8-5-9-25(17)21(27)16-11-19(29-2)20(30-3)12-18(16)26-13-22-23-24-26/h4,6-7,10-13,17H,5,8-9H2,1-3H3/t17-/m0/s1. The number of tetrazole rings is 1. The normalized spacial score (nSPS) is 15.8. The Labute approximate surface area is 174 Å². The minimum absolute atomic E-state index is 0.0394. The van der Waals surface area contributed by atoms with Crippen molar-refractivity contribution >= 4 is 5.91 Å². The predicted molar refractivity (Wildman–Crippen MR) is 108 cm³/mol. The van der Waals surface area contributed by atoms with Gasteiger partial charge in [0.05, 0.1) is 38.6 Å². The molecule has 156 valence electrons. The third-order valence-electron chi connectivity index (χ3n) is 5.32. The van der Waals surface area contributed by atoms with E-state index in [1.807, 2.05) is 29.2 Å². The maximum absolute atomic E-state index is 13.7. The molecule has 3 aromatic rings. The first-order valence-corrected chi connectivity index (χ1v) is 9.60. The van der Waals surface area contributed by atoms with Gasteiger partial charge in [0.2, 0.25) is 0 Å². The fourth-order valence-electron chi connectivity index (χ4n) is 3.86. The van der Waals surface area contributed by atoms with E-state index in [1.54, 1.807) is 26.4 Å². The van der Waals surface area contributed by atoms with Crippen molar-refractivity contribution in [3.05, 3.63) is 53.9 Å². The van der Waals surface area contributed by atoms with Gasteiger partial charge in [-0.05, 0) is 47.0 Å². The minimum atomic E-state index is -0.119. The van der Waals surface area contributed by atoms with Crippen LogP contribution in [0.3, 0.4) is 0 Å². The van der Waals surface area contributed by atoms with E-state index < -0.39 is 0 Å². The molecule has 1 aliphatic heterocycles. The minimum Gasteiger partial charge on any atom is -0.497 e. The smallest absolute Gasteiger partial charge is 0.256 e. The van der Waals surface area contributed by atoms with Crippen LogP contribution in [0.2, 0.25) is 0 Å². The number of carbonyl (C=O) groups is 1. The summed E-state index contributed by atoms with van der Waals surface area (Å²) in [7, 11) is 4.72. The second-order valence-electron chi connectivity index (χ2n) is 6.91. The maximum atomic E-state index is 13.7. The van der Waals surface area contributed by atoms with Crippen LogP contribution in [0.15, 0.2) is 42.7 Å². The van der Waals surface area contributed by atoms with Gasteiger partial charge in [-0.3, -0.25) is 4.79 Å². The van der Waals surface area contributed by atoms with Gasteiger partial charge in [-0.1, -0.05) is 12.1 Å². The van der Waals surface area contributed by atoms with Gasteiger partial charge in [0.25, 0.3) is 5.91 Å². The van der Waals surface area contributed by atoms with Crippen LogP contribution < -0.4 is 14.2 Å². The van der Waals surface area contributed by atoms with E-state index in [-0.39, 0.29) is 11.9 Å². The maximum Gasteiger partial charge on any atom is 0.256 e. The molecule has 0 aliphatic carbocycles. The second-order valence-corrected chi connectivity index (χ2v) is 6.91. The molecule has 0 spiro atoms. The SMILES string of the molecule is COc1cccc([C@@H]2CCCN2C(=O)c2cc(OC)c(OC)cc2-n2cnnn2)c1. The van der Waals surface area contributed by atoms with Crippen LogP contribution in [0.4, 0.5) is 0 Å². The van der Waals surface area contributed by atoms with Crippen LogP contribution in [0, 0.1) is 0 Å². The summed E-state index contributed by atoms with van der Waals surface area (Å²) in [6.07, 6.45) is 3.25. The summed E-state index contributed by atoms with van der Waals surface area (Å²) >= 11 is 0. The Hall–Kier alpha value is -3.62. The largest absolute Gasteiger partial charge is 0.497 e. The second kappa shape index (κ2) is 8.40. The molecular weight excluding hydrogens is 386 g/mol. The van der Waals surface area contributed by atoms with E-state index in [1.165, 1.54) is 18.1 Å². The Morgan fingerprint density at radius 2 is 1.87 bits per heavy atom. The number of benzene rings is 2. The summed E-state index contributed by atoms with van der Waals surface area (Å²) in [5.74, 6) is 1.61. The van der Waals surface area contributed by atoms with Crippen LogP contribution in [0.1, 0.15) is 34.8 Å². The molecule has 0 radical (unpaired) electrons. The monoisotopic (exact) mass is 409 g/mol. The van der Waals surface area contributed by atoms with Gasteiger partial charge in [-0.15, -0.1) is 5.10 Å². The quantitative estimate of drug-likeness (QED) is 0.618. The number of rotatable bonds is 6. The molecule has 0 saturated carbocycles. The Morgan fingerprint density at radius 3 is 2.57 bits per heavy atom. The van der Waals surface area contributed by atoms with Crippen LogP contribution >= 0.6 is 0 Å². The number of hydrogen-bond acceptors (Lipinski definition) is 7. The summed E-state index contributed by atoms with van der Waals surface area (Å²) < 4.78 is 17.6. The zero-order valence-corrected chi connectivity index (χ0v) is 17.1. The first-order valence-electron chi connectivity index (χ1n) is 9.60. The molecule has 1 aliphatic rings. The first-order chi connectivity index (χ1) is 14.7. The van der Waals surface area contributed by atoms with Crippen molar-refractivity contribution in [2.24, 2.45) is 0 Å². The third kappa shape index (κ3) is 3.54. The van der Waals surface area contributed by atoms with E-state index in [0.717, 1.165) is 24.2 Å². The summed E-state index contributed by atoms with van der Waals surface area (Å²) in [6.45, 7) is 0.657. The Morgan fingerprint density at radius 1 is 1.07 bits per heavy atom. The van der Waals surface area contributed by atoms with Crippen molar-refractivity contribution in [2.45, 2.75) is 18.9 Å². The lowest BCUT2D eigenvalue weighted by Crippen LogP contribution is -2.31. The van der Waals surface area contributed by atoms with Crippen molar-refractivity contribution in [2.75, 3.05) is 27.9 Å². The summed E-state index contributed by atoms with van der Waals surface area (Å²) in [4.78, 5) is 15.6. The van der Waals surface area contributed by atoms with Gasteiger partial charge in [0.15, 0.2) is 11.5 Å². The van der Waals surface area contributed by atoms with Gasteiger partial charge in [-0.25, -0.2) is 0 Å². The number of hydrogen-bond donors (Lipinski definition) is 0. The molecule has 1 fully saturated rings. The van der Waals surface area contributed by atoms with E-state index in [0.29, 0.717) is 29.3 Å². The molecule has 0 N–H and O–H groups in total. The molecule has 1 aromatic heterocycles. The molecule has 9 heteroatoms. The molecule has 0 bridgehead atoms. The van der Waals surface area contributed by atoms with Crippen LogP contribution in [0.5, 0.6) is 17.2 Å².